The number of azo groups is 3. The summed E-state index contributed by atoms with van der Waals surface area (Å²) in [6, 6.07) is 10.0. The van der Waals surface area contributed by atoms with Gasteiger partial charge in [-0.25, -0.2) is 34.9 Å². The molecule has 0 aliphatic rings. The number of hydrogen-bond acceptors (Lipinski definition) is 28. The summed E-state index contributed by atoms with van der Waals surface area (Å²) < 4.78 is 187. The van der Waals surface area contributed by atoms with Crippen LogP contribution in [0, 0.1) is 6.92 Å². The molecule has 7 rings (SSSR count). The molecule has 390 valence electrons. The molecule has 0 aliphatic carbocycles. The van der Waals surface area contributed by atoms with Crippen molar-refractivity contribution in [3.05, 3.63) is 78.0 Å². The molecule has 0 bridgehead atoms. The van der Waals surface area contributed by atoms with E-state index in [4.69, 9.17) is 9.47 Å². The Kier molecular flexibility index (Phi) is 26.4. The zero-order valence-electron chi connectivity index (χ0n) is 42.6. The Bertz CT molecular complexity index is 4190. The fourth-order valence-electron chi connectivity index (χ4n) is 6.63. The Morgan fingerprint density at radius 1 is 0.675 bits per heavy atom. The Hall–Kier alpha value is -3.94. The van der Waals surface area contributed by atoms with Gasteiger partial charge in [0.05, 0.1) is 66.9 Å². The Balaban J connectivity index is 0.00000533. The van der Waals surface area contributed by atoms with Crippen LogP contribution in [0.5, 0.6) is 23.1 Å². The fraction of sp³-hybridized carbons (Fsp3) is 0.132. The van der Waals surface area contributed by atoms with Gasteiger partial charge in [0.2, 0.25) is 5.13 Å². The van der Waals surface area contributed by atoms with E-state index in [1.807, 2.05) is 0 Å². The number of benzene rings is 5. The summed E-state index contributed by atoms with van der Waals surface area (Å²) in [5.74, 6) is -6.47. The van der Waals surface area contributed by atoms with Crippen LogP contribution < -0.4 is 138 Å². The zero-order chi connectivity index (χ0) is 54.5. The zero-order valence-corrected chi connectivity index (χ0v) is 47.5. The molecule has 2 heterocycles. The number of aryl methyl sites for hydroxylation is 1. The quantitative estimate of drug-likeness (QED) is 0.0349. The van der Waals surface area contributed by atoms with Crippen LogP contribution in [0.2, 0.25) is 0 Å². The molecular formula is C38H25Li6N9O21S6. The summed E-state index contributed by atoms with van der Waals surface area (Å²) >= 11 is 0.690. The van der Waals surface area contributed by atoms with Crippen LogP contribution in [-0.2, 0) is 50.6 Å². The van der Waals surface area contributed by atoms with Gasteiger partial charge in [-0.1, -0.05) is 23.2 Å². The van der Waals surface area contributed by atoms with E-state index in [9.17, 15) is 85.0 Å². The maximum Gasteiger partial charge on any atom is 1.00 e. The van der Waals surface area contributed by atoms with Crippen molar-refractivity contribution in [2.24, 2.45) is 30.7 Å². The monoisotopic (exact) mass is 1180 g/mol. The van der Waals surface area contributed by atoms with E-state index in [2.05, 4.69) is 40.8 Å². The number of aromatic nitrogens is 3. The summed E-state index contributed by atoms with van der Waals surface area (Å²) in [7, 11) is -24.9. The first-order valence-electron chi connectivity index (χ1n) is 19.6. The van der Waals surface area contributed by atoms with Crippen molar-refractivity contribution in [2.45, 2.75) is 32.9 Å². The summed E-state index contributed by atoms with van der Waals surface area (Å²) in [5.41, 5.74) is -5.06. The van der Waals surface area contributed by atoms with Gasteiger partial charge in [0.1, 0.15) is 59.4 Å². The number of nitrogens with zero attached hydrogens (tertiary/aromatic N) is 9. The molecule has 0 fully saturated rings. The molecule has 80 heavy (non-hydrogen) atoms. The molecule has 42 heteroatoms. The minimum atomic E-state index is -5.87. The second-order valence-corrected chi connectivity index (χ2v) is 22.7. The fourth-order valence-corrected chi connectivity index (χ4v) is 11.0. The molecule has 30 nitrogen and oxygen atoms in total. The van der Waals surface area contributed by atoms with Crippen LogP contribution in [0.4, 0.5) is 33.6 Å². The van der Waals surface area contributed by atoms with Gasteiger partial charge in [-0.3, -0.25) is 9.11 Å². The minimum absolute atomic E-state index is 0. The van der Waals surface area contributed by atoms with Crippen LogP contribution in [-0.4, -0.2) is 105 Å². The number of fused-ring (bicyclic) bond motifs is 2. The van der Waals surface area contributed by atoms with Gasteiger partial charge in [-0.15, -0.1) is 30.7 Å². The van der Waals surface area contributed by atoms with Crippen LogP contribution in [0.25, 0.3) is 26.7 Å². The van der Waals surface area contributed by atoms with Crippen molar-refractivity contribution >= 4 is 122 Å². The number of hydrogen-bond donors (Lipinski definition) is 2. The van der Waals surface area contributed by atoms with Crippen molar-refractivity contribution in [2.75, 3.05) is 19.5 Å². The number of ether oxygens (including phenoxy) is 2. The SMILES string of the molecule is COc1ccc2nc(N=Nc3cc(OCCCS(=O)(=O)[O-])c(N=Nc4c(S(=O)(=O)[O-])cc5c(S(=O)(=O)O)c(N=Nc6c(C(=O)[O-])nn(-c7ccc(S(=O)(=O)[O-])cc7)c6[O-])ccc5c4[O-])cc3C)sc2c1S(=O)(=O)O.[Li+].[Li+].[Li+].[Li+].[Li+].[Li+]. The Morgan fingerprint density at radius 3 is 1.81 bits per heavy atom. The number of methoxy groups -OCH3 is 1. The third-order valence-electron chi connectivity index (χ3n) is 9.83. The summed E-state index contributed by atoms with van der Waals surface area (Å²) in [5, 5.41) is 63.5. The molecule has 2 aromatic heterocycles. The summed E-state index contributed by atoms with van der Waals surface area (Å²) in [6.07, 6.45) is -0.391. The molecule has 0 atom stereocenters. The number of carboxylic acids is 1. The molecular weight excluding hydrogens is 1150 g/mol. The van der Waals surface area contributed by atoms with Crippen LogP contribution in [0.15, 0.2) is 117 Å². The molecule has 0 unspecified atom stereocenters. The van der Waals surface area contributed by atoms with E-state index in [1.165, 1.54) is 32.2 Å². The number of thiazole rings is 1. The standard InChI is InChI=1S/C38H31N9O21S6.6Li/c1-17-14-25(27(68-12-3-13-70(52,53)54)16-24(17)41-45-38-39-22-10-11-26(67-2)35(33(22)69-38)74(64,65)66)42-43-29-28(72(58,59)60)15-21-20(32(29)48)8-9-23(34(21)73(61,62)63)40-44-30-31(37(50)51)46-47(36(30)49)18-4-6-19(7-5-18)71(55,56)57;;;;;;/h4-11,14-16,48-49H,3,12-13H2,1-2H3,(H,50,51)(H,52,53,54)(H,55,56,57)(H,58,59,60)(H,61,62,63)(H,64,65,66);;;;;;/q;6*+1/p-6. The Labute approximate surface area is 529 Å². The number of carbonyl (C=O) groups excluding carboxylic acids is 1. The van der Waals surface area contributed by atoms with Gasteiger partial charge in [0, 0.05) is 23.1 Å². The van der Waals surface area contributed by atoms with Crippen LogP contribution in [0.3, 0.4) is 0 Å². The molecule has 7 aromatic rings. The number of carbonyl (C=O) groups is 1. The van der Waals surface area contributed by atoms with E-state index >= 15 is 0 Å². The first-order valence-corrected chi connectivity index (χ1v) is 27.7. The Morgan fingerprint density at radius 2 is 1.26 bits per heavy atom. The normalized spacial score (nSPS) is 12.0. The second-order valence-electron chi connectivity index (χ2n) is 14.7. The molecule has 2 N–H and O–H groups in total. The number of rotatable bonds is 18. The van der Waals surface area contributed by atoms with E-state index in [0.717, 1.165) is 36.4 Å². The third kappa shape index (κ3) is 16.9. The van der Waals surface area contributed by atoms with Crippen molar-refractivity contribution in [3.63, 3.8) is 0 Å². The number of aromatic carboxylic acids is 1. The van der Waals surface area contributed by atoms with E-state index in [-0.39, 0.29) is 163 Å². The largest absolute Gasteiger partial charge is 1.00 e. The van der Waals surface area contributed by atoms with Gasteiger partial charge in [-0.2, -0.15) is 21.9 Å². The van der Waals surface area contributed by atoms with Crippen molar-refractivity contribution in [1.29, 1.82) is 0 Å². The summed E-state index contributed by atoms with van der Waals surface area (Å²) in [6.45, 7) is 0.922. The van der Waals surface area contributed by atoms with Gasteiger partial charge in [0.25, 0.3) is 20.2 Å². The van der Waals surface area contributed by atoms with Crippen molar-refractivity contribution < 1.29 is 208 Å². The van der Waals surface area contributed by atoms with E-state index in [0.29, 0.717) is 28.2 Å². The average molecular weight is 1180 g/mol. The van der Waals surface area contributed by atoms with E-state index in [1.54, 1.807) is 0 Å². The van der Waals surface area contributed by atoms with Crippen molar-refractivity contribution in [3.8, 4) is 28.8 Å². The van der Waals surface area contributed by atoms with Crippen LogP contribution >= 0.6 is 11.3 Å². The van der Waals surface area contributed by atoms with Gasteiger partial charge in [0.15, 0.2) is 4.90 Å². The summed E-state index contributed by atoms with van der Waals surface area (Å²) in [4.78, 5) is 11.9. The molecule has 0 radical (unpaired) electrons. The molecule has 0 aliphatic heterocycles. The van der Waals surface area contributed by atoms with Crippen LogP contribution in [0.1, 0.15) is 22.5 Å². The van der Waals surface area contributed by atoms with Gasteiger partial charge >= 0.3 is 113 Å². The predicted molar refractivity (Wildman–Crippen MR) is 241 cm³/mol. The smallest absolute Gasteiger partial charge is 0.871 e. The molecule has 0 amide bonds. The minimum Gasteiger partial charge on any atom is -0.871 e. The third-order valence-corrected chi connectivity index (χ3v) is 15.3. The van der Waals surface area contributed by atoms with Gasteiger partial charge < -0.3 is 43.2 Å². The maximum absolute atomic E-state index is 14.0. The first-order chi connectivity index (χ1) is 34.4. The number of carboxylic acid groups (broad SMARTS) is 1. The first kappa shape index (κ1) is 74.1. The van der Waals surface area contributed by atoms with Crippen molar-refractivity contribution in [1.82, 2.24) is 14.8 Å². The average Bonchev–Trinajstić information content (AvgIpc) is 3.87. The van der Waals surface area contributed by atoms with Gasteiger partial charge in [-0.05, 0) is 78.9 Å². The predicted octanol–water partition coefficient (Wildman–Crippen LogP) is -14.7. The molecule has 5 aromatic carbocycles. The molecule has 0 saturated heterocycles. The molecule has 0 spiro atoms. The second kappa shape index (κ2) is 28.6. The van der Waals surface area contributed by atoms with E-state index < -0.39 is 140 Å². The molecule has 0 saturated carbocycles. The maximum atomic E-state index is 14.0. The topological polar surface area (TPSA) is 490 Å².